The van der Waals surface area contributed by atoms with Crippen molar-refractivity contribution in [1.29, 1.82) is 0 Å². The highest BCUT2D eigenvalue weighted by Crippen LogP contribution is 2.60. The Hall–Kier alpha value is -1.68. The van der Waals surface area contributed by atoms with Crippen LogP contribution in [0, 0.1) is 17.8 Å². The molecule has 0 radical (unpaired) electrons. The summed E-state index contributed by atoms with van der Waals surface area (Å²) in [5.74, 6) is -2.66. The second kappa shape index (κ2) is 9.76. The van der Waals surface area contributed by atoms with Crippen molar-refractivity contribution in [3.05, 3.63) is 29.3 Å². The minimum absolute atomic E-state index is 0.121. The second-order valence-corrected chi connectivity index (χ2v) is 11.2. The highest BCUT2D eigenvalue weighted by atomic mass is 79.9. The van der Waals surface area contributed by atoms with E-state index in [4.69, 9.17) is 16.3 Å². The average molecular weight is 557 g/mol. The van der Waals surface area contributed by atoms with Crippen LogP contribution in [0.1, 0.15) is 33.6 Å². The van der Waals surface area contributed by atoms with E-state index in [2.05, 4.69) is 26.6 Å². The van der Waals surface area contributed by atoms with Gasteiger partial charge >= 0.3 is 0 Å². The molecule has 3 aliphatic heterocycles. The number of alkyl halides is 1. The van der Waals surface area contributed by atoms with E-state index in [1.807, 2.05) is 20.8 Å². The van der Waals surface area contributed by atoms with Crippen molar-refractivity contribution in [3.63, 3.8) is 0 Å². The molecule has 3 heterocycles. The summed E-state index contributed by atoms with van der Waals surface area (Å²) in [4.78, 5) is 42.2. The Kier molecular flexibility index (Phi) is 7.29. The fourth-order valence-electron chi connectivity index (χ4n) is 5.77. The number of carbonyl (C=O) groups is 3. The van der Waals surface area contributed by atoms with Crippen LogP contribution in [-0.2, 0) is 19.1 Å². The largest absolute Gasteiger partial charge is 0.394 e. The first-order valence-corrected chi connectivity index (χ1v) is 13.0. The van der Waals surface area contributed by atoms with E-state index in [0.29, 0.717) is 23.7 Å². The monoisotopic (exact) mass is 555 g/mol. The summed E-state index contributed by atoms with van der Waals surface area (Å²) in [7, 11) is 0. The van der Waals surface area contributed by atoms with E-state index >= 15 is 0 Å². The highest BCUT2D eigenvalue weighted by molar-refractivity contribution is 9.09. The van der Waals surface area contributed by atoms with Gasteiger partial charge < -0.3 is 25.4 Å². The molecule has 7 atom stereocenters. The van der Waals surface area contributed by atoms with E-state index in [0.717, 1.165) is 6.42 Å². The molecule has 4 rings (SSSR count). The summed E-state index contributed by atoms with van der Waals surface area (Å²) in [6, 6.07) is 5.24. The molecular weight excluding hydrogens is 526 g/mol. The van der Waals surface area contributed by atoms with E-state index in [-0.39, 0.29) is 29.2 Å². The number of aliphatic hydroxyl groups is 1. The van der Waals surface area contributed by atoms with Gasteiger partial charge in [-0.3, -0.25) is 14.4 Å². The van der Waals surface area contributed by atoms with Crippen LogP contribution in [0.15, 0.2) is 24.3 Å². The number of carbonyl (C=O) groups excluding carboxylic acids is 3. The molecule has 34 heavy (non-hydrogen) atoms. The number of hydrogen-bond donors (Lipinski definition) is 3. The lowest BCUT2D eigenvalue weighted by atomic mass is 9.70. The molecule has 3 aliphatic rings. The smallest absolute Gasteiger partial charge is 0.250 e. The Morgan fingerprint density at radius 1 is 1.32 bits per heavy atom. The van der Waals surface area contributed by atoms with Crippen LogP contribution in [0.5, 0.6) is 0 Å². The molecule has 1 aromatic carbocycles. The maximum absolute atomic E-state index is 13.9. The van der Waals surface area contributed by atoms with Crippen molar-refractivity contribution >= 4 is 50.9 Å². The number of nitrogens with zero attached hydrogens (tertiary/aromatic N) is 1. The first kappa shape index (κ1) is 25.4. The Balaban J connectivity index is 1.77. The van der Waals surface area contributed by atoms with Crippen molar-refractivity contribution in [3.8, 4) is 0 Å². The SMILES string of the molecule is CCCNC(=O)[C@H]1[C@H]2C(=O)N([C@@H](CO)C(C)C)C(C(=O)Nc3ccccc3Cl)C23CC(Br)[C@@H]1O3. The van der Waals surface area contributed by atoms with Gasteiger partial charge in [-0.15, -0.1) is 0 Å². The van der Waals surface area contributed by atoms with E-state index < -0.39 is 41.5 Å². The number of hydrogen-bond acceptors (Lipinski definition) is 5. The zero-order valence-corrected chi connectivity index (χ0v) is 21.8. The number of ether oxygens (including phenoxy) is 1. The molecule has 0 aliphatic carbocycles. The molecule has 2 bridgehead atoms. The summed E-state index contributed by atoms with van der Waals surface area (Å²) in [5, 5.41) is 16.3. The molecule has 3 unspecified atom stereocenters. The summed E-state index contributed by atoms with van der Waals surface area (Å²) < 4.78 is 6.44. The van der Waals surface area contributed by atoms with Crippen LogP contribution in [-0.4, -0.2) is 69.5 Å². The molecule has 1 spiro atoms. The second-order valence-electron chi connectivity index (χ2n) is 9.66. The van der Waals surface area contributed by atoms with Crippen LogP contribution in [0.25, 0.3) is 0 Å². The third kappa shape index (κ3) is 3.94. The Labute approximate surface area is 212 Å². The molecule has 1 aromatic rings. The first-order valence-electron chi connectivity index (χ1n) is 11.8. The Morgan fingerprint density at radius 3 is 2.65 bits per heavy atom. The van der Waals surface area contributed by atoms with E-state index in [1.165, 1.54) is 4.90 Å². The van der Waals surface area contributed by atoms with Crippen LogP contribution < -0.4 is 10.6 Å². The van der Waals surface area contributed by atoms with Crippen LogP contribution in [0.3, 0.4) is 0 Å². The fourth-order valence-corrected chi connectivity index (χ4v) is 6.90. The Bertz CT molecular complexity index is 978. The molecule has 8 nitrogen and oxygen atoms in total. The quantitative estimate of drug-likeness (QED) is 0.427. The van der Waals surface area contributed by atoms with Gasteiger partial charge in [0.1, 0.15) is 11.6 Å². The van der Waals surface area contributed by atoms with Gasteiger partial charge in [0, 0.05) is 11.4 Å². The van der Waals surface area contributed by atoms with Gasteiger partial charge in [0.25, 0.3) is 0 Å². The average Bonchev–Trinajstić information content (AvgIpc) is 3.38. The molecular formula is C24H31BrClN3O5. The topological polar surface area (TPSA) is 108 Å². The summed E-state index contributed by atoms with van der Waals surface area (Å²) in [5.41, 5.74) is -0.760. The third-order valence-electron chi connectivity index (χ3n) is 7.27. The number of fused-ring (bicyclic) bond motifs is 1. The maximum atomic E-state index is 13.9. The minimum atomic E-state index is -1.18. The lowest BCUT2D eigenvalue weighted by molar-refractivity contribution is -0.145. The number of halogens is 2. The number of rotatable bonds is 8. The van der Waals surface area contributed by atoms with E-state index in [1.54, 1.807) is 24.3 Å². The minimum Gasteiger partial charge on any atom is -0.394 e. The van der Waals surface area contributed by atoms with Crippen molar-refractivity contribution in [2.75, 3.05) is 18.5 Å². The van der Waals surface area contributed by atoms with Crippen molar-refractivity contribution < 1.29 is 24.2 Å². The van der Waals surface area contributed by atoms with Gasteiger partial charge in [-0.05, 0) is 30.9 Å². The highest BCUT2D eigenvalue weighted by Gasteiger charge is 2.77. The van der Waals surface area contributed by atoms with Gasteiger partial charge in [0.2, 0.25) is 17.7 Å². The number of nitrogens with one attached hydrogen (secondary N) is 2. The van der Waals surface area contributed by atoms with Crippen LogP contribution in [0.4, 0.5) is 5.69 Å². The predicted molar refractivity (Wildman–Crippen MR) is 132 cm³/mol. The van der Waals surface area contributed by atoms with Gasteiger partial charge in [-0.25, -0.2) is 0 Å². The lowest BCUT2D eigenvalue weighted by Gasteiger charge is -2.38. The molecule has 3 amide bonds. The summed E-state index contributed by atoms with van der Waals surface area (Å²) in [6.45, 7) is 5.92. The molecule has 3 saturated heterocycles. The van der Waals surface area contributed by atoms with Crippen LogP contribution >= 0.6 is 27.5 Å². The Morgan fingerprint density at radius 2 is 2.03 bits per heavy atom. The van der Waals surface area contributed by atoms with Crippen molar-refractivity contribution in [1.82, 2.24) is 10.2 Å². The van der Waals surface area contributed by atoms with Gasteiger partial charge in [0.15, 0.2) is 0 Å². The summed E-state index contributed by atoms with van der Waals surface area (Å²) in [6.07, 6.45) is 0.648. The number of anilines is 1. The van der Waals surface area contributed by atoms with Crippen molar-refractivity contribution in [2.45, 2.75) is 62.2 Å². The number of benzene rings is 1. The molecule has 0 aromatic heterocycles. The molecule has 186 valence electrons. The molecule has 0 saturated carbocycles. The van der Waals surface area contributed by atoms with E-state index in [9.17, 15) is 19.5 Å². The maximum Gasteiger partial charge on any atom is 0.250 e. The molecule has 10 heteroatoms. The first-order chi connectivity index (χ1) is 16.2. The lowest BCUT2D eigenvalue weighted by Crippen LogP contribution is -2.57. The summed E-state index contributed by atoms with van der Waals surface area (Å²) >= 11 is 9.92. The molecule has 3 N–H and O–H groups in total. The number of aliphatic hydroxyl groups excluding tert-OH is 1. The zero-order chi connectivity index (χ0) is 24.8. The van der Waals surface area contributed by atoms with Gasteiger partial charge in [-0.2, -0.15) is 0 Å². The predicted octanol–water partition coefficient (Wildman–Crippen LogP) is 2.57. The molecule has 3 fully saturated rings. The zero-order valence-electron chi connectivity index (χ0n) is 19.5. The number of para-hydroxylation sites is 1. The van der Waals surface area contributed by atoms with Crippen LogP contribution in [0.2, 0.25) is 5.02 Å². The van der Waals surface area contributed by atoms with Gasteiger partial charge in [-0.1, -0.05) is 60.4 Å². The van der Waals surface area contributed by atoms with Crippen molar-refractivity contribution in [2.24, 2.45) is 17.8 Å². The van der Waals surface area contributed by atoms with Gasteiger partial charge in [0.05, 0.1) is 41.3 Å². The standard InChI is InChI=1S/C24H31BrClN3O5/c1-4-9-27-21(31)17-18-23(33)29(16(11-30)12(2)3)20(24(18)10-13(25)19(17)34-24)22(32)28-15-8-6-5-7-14(15)26/h5-8,12-13,16-20,30H,4,9-11H2,1-3H3,(H,27,31)(H,28,32)/t13?,16-,17-,18-,19-,20?,24?/m0/s1. The normalized spacial score (nSPS) is 32.7. The number of likely N-dealkylation sites (tertiary alicyclic amines) is 1. The third-order valence-corrected chi connectivity index (χ3v) is 8.45. The fraction of sp³-hybridized carbons (Fsp3) is 0.625. The number of amides is 3.